The van der Waals surface area contributed by atoms with Gasteiger partial charge in [0.15, 0.2) is 0 Å². The van der Waals surface area contributed by atoms with E-state index in [4.69, 9.17) is 28.4 Å². The summed E-state index contributed by atoms with van der Waals surface area (Å²) in [5.74, 6) is 0.199. The molecule has 0 aliphatic heterocycles. The summed E-state index contributed by atoms with van der Waals surface area (Å²) >= 11 is 0. The molecule has 0 fully saturated rings. The second-order valence-electron chi connectivity index (χ2n) is 6.66. The molecule has 2 aromatic rings. The average Bonchev–Trinajstić information content (AvgIpc) is 2.82. The largest absolute Gasteiger partial charge is 0.513 e. The fourth-order valence-corrected chi connectivity index (χ4v) is 2.38. The van der Waals surface area contributed by atoms with Gasteiger partial charge in [-0.15, -0.1) is 0 Å². The van der Waals surface area contributed by atoms with Crippen molar-refractivity contribution in [2.75, 3.05) is 33.0 Å². The second kappa shape index (κ2) is 14.1. The third-order valence-electron chi connectivity index (χ3n) is 4.00. The molecule has 2 aromatic carbocycles. The van der Waals surface area contributed by atoms with E-state index in [1.54, 1.807) is 6.92 Å². The number of hydrogen-bond acceptors (Lipinski definition) is 12. The Morgan fingerprint density at radius 3 is 1.60 bits per heavy atom. The Bertz CT molecular complexity index is 994. The molecule has 0 spiro atoms. The lowest BCUT2D eigenvalue weighted by atomic mass is 10.3. The number of carbonyl (C=O) groups is 2. The molecule has 0 radical (unpaired) electrons. The summed E-state index contributed by atoms with van der Waals surface area (Å²) in [5, 5.41) is 21.2. The van der Waals surface area contributed by atoms with Crippen molar-refractivity contribution in [3.8, 4) is 11.5 Å². The van der Waals surface area contributed by atoms with Gasteiger partial charge in [-0.3, -0.25) is 20.2 Å². The van der Waals surface area contributed by atoms with Crippen LogP contribution in [0.5, 0.6) is 11.5 Å². The highest BCUT2D eigenvalue weighted by atomic mass is 16.7. The number of rotatable bonds is 13. The van der Waals surface area contributed by atoms with Crippen molar-refractivity contribution in [2.24, 2.45) is 0 Å². The third-order valence-corrected chi connectivity index (χ3v) is 4.00. The third kappa shape index (κ3) is 10.4. The predicted octanol–water partition coefficient (Wildman–Crippen LogP) is 3.66. The molecule has 0 saturated carbocycles. The van der Waals surface area contributed by atoms with Gasteiger partial charge in [-0.2, -0.15) is 0 Å². The van der Waals surface area contributed by atoms with Crippen LogP contribution in [0.15, 0.2) is 48.5 Å². The lowest BCUT2D eigenvalue weighted by Crippen LogP contribution is -2.22. The topological polar surface area (TPSA) is 176 Å². The molecule has 0 N–H and O–H groups in total. The maximum atomic E-state index is 11.6. The fourth-order valence-electron chi connectivity index (χ4n) is 2.38. The monoisotopic (exact) mass is 494 g/mol. The van der Waals surface area contributed by atoms with Crippen molar-refractivity contribution < 1.29 is 47.9 Å². The first-order valence-corrected chi connectivity index (χ1v) is 10.1. The molecule has 2 rings (SSSR count). The zero-order valence-corrected chi connectivity index (χ0v) is 18.5. The number of hydrogen-bond donors (Lipinski definition) is 0. The zero-order valence-electron chi connectivity index (χ0n) is 18.5. The van der Waals surface area contributed by atoms with Gasteiger partial charge in [0.1, 0.15) is 24.7 Å². The Morgan fingerprint density at radius 2 is 1.17 bits per heavy atom. The van der Waals surface area contributed by atoms with Crippen molar-refractivity contribution in [3.05, 3.63) is 68.8 Å². The number of nitro groups is 2. The van der Waals surface area contributed by atoms with E-state index in [0.29, 0.717) is 0 Å². The highest BCUT2D eigenvalue weighted by Crippen LogP contribution is 2.18. The van der Waals surface area contributed by atoms with Gasteiger partial charge in [0.25, 0.3) is 11.4 Å². The number of benzene rings is 2. The number of nitro benzene ring substituents is 2. The summed E-state index contributed by atoms with van der Waals surface area (Å²) in [7, 11) is 0. The molecule has 14 heteroatoms. The minimum absolute atomic E-state index is 0.0674. The van der Waals surface area contributed by atoms with Crippen molar-refractivity contribution in [1.82, 2.24) is 0 Å². The normalized spacial score (nSPS) is 11.2. The molecule has 35 heavy (non-hydrogen) atoms. The van der Waals surface area contributed by atoms with Crippen molar-refractivity contribution in [1.29, 1.82) is 0 Å². The van der Waals surface area contributed by atoms with Gasteiger partial charge in [0.2, 0.25) is 0 Å². The summed E-state index contributed by atoms with van der Waals surface area (Å²) < 4.78 is 30.1. The van der Waals surface area contributed by atoms with Crippen LogP contribution in [0.1, 0.15) is 6.92 Å². The van der Waals surface area contributed by atoms with E-state index in [1.165, 1.54) is 48.5 Å². The van der Waals surface area contributed by atoms with E-state index in [9.17, 15) is 29.8 Å². The van der Waals surface area contributed by atoms with E-state index in [0.717, 1.165) is 0 Å². The number of carbonyl (C=O) groups excluding carboxylic acids is 2. The molecule has 0 aliphatic rings. The second-order valence-corrected chi connectivity index (χ2v) is 6.66. The van der Waals surface area contributed by atoms with Gasteiger partial charge in [-0.05, 0) is 31.2 Å². The molecule has 0 aromatic heterocycles. The molecule has 14 nitrogen and oxygen atoms in total. The lowest BCUT2D eigenvalue weighted by Gasteiger charge is -2.13. The zero-order chi connectivity index (χ0) is 25.6. The van der Waals surface area contributed by atoms with Crippen molar-refractivity contribution >= 4 is 23.7 Å². The Hall–Kier alpha value is -4.30. The van der Waals surface area contributed by atoms with E-state index < -0.39 is 22.2 Å². The lowest BCUT2D eigenvalue weighted by molar-refractivity contribution is -0.385. The van der Waals surface area contributed by atoms with Crippen LogP contribution in [-0.2, 0) is 18.9 Å². The van der Waals surface area contributed by atoms with Crippen LogP contribution in [0.3, 0.4) is 0 Å². The SMILES string of the molecule is CC(COCCOC(=O)Oc1ccc([N+](=O)[O-])cc1)OCCOC(=O)Oc1ccc([N+](=O)[O-])cc1. The summed E-state index contributed by atoms with van der Waals surface area (Å²) in [6, 6.07) is 9.87. The Balaban J connectivity index is 1.49. The summed E-state index contributed by atoms with van der Waals surface area (Å²) in [6.45, 7) is 1.86. The number of ether oxygens (including phenoxy) is 6. The number of non-ortho nitro benzene ring substituents is 2. The Morgan fingerprint density at radius 1 is 0.743 bits per heavy atom. The molecule has 0 amide bonds. The molecular weight excluding hydrogens is 472 g/mol. The molecule has 0 bridgehead atoms. The minimum atomic E-state index is -0.982. The van der Waals surface area contributed by atoms with Crippen molar-refractivity contribution in [2.45, 2.75) is 13.0 Å². The fraction of sp³-hybridized carbons (Fsp3) is 0.333. The van der Waals surface area contributed by atoms with E-state index in [2.05, 4.69) is 0 Å². The van der Waals surface area contributed by atoms with Gasteiger partial charge < -0.3 is 28.4 Å². The maximum Gasteiger partial charge on any atom is 0.513 e. The number of nitrogens with zero attached hydrogens (tertiary/aromatic N) is 2. The van der Waals surface area contributed by atoms with Gasteiger partial charge in [-0.1, -0.05) is 0 Å². The van der Waals surface area contributed by atoms with Crippen LogP contribution in [-0.4, -0.2) is 61.3 Å². The maximum absolute atomic E-state index is 11.6. The van der Waals surface area contributed by atoms with Gasteiger partial charge in [-0.25, -0.2) is 9.59 Å². The minimum Gasteiger partial charge on any atom is -0.432 e. The first-order chi connectivity index (χ1) is 16.7. The molecule has 0 heterocycles. The average molecular weight is 494 g/mol. The van der Waals surface area contributed by atoms with Gasteiger partial charge >= 0.3 is 12.3 Å². The Kier molecular flexibility index (Phi) is 10.8. The summed E-state index contributed by atoms with van der Waals surface area (Å²) in [4.78, 5) is 43.2. The van der Waals surface area contributed by atoms with E-state index in [-0.39, 0.29) is 62.0 Å². The first-order valence-electron chi connectivity index (χ1n) is 10.1. The molecular formula is C21H22N2O12. The molecule has 1 atom stereocenters. The Labute approximate surface area is 198 Å². The van der Waals surface area contributed by atoms with Crippen LogP contribution in [0.2, 0.25) is 0 Å². The first kappa shape index (κ1) is 26.9. The standard InChI is InChI=1S/C21H22N2O12/c1-15(31-12-13-33-21(25)35-19-8-4-17(5-9-19)23(28)29)14-30-10-11-32-20(24)34-18-6-2-16(3-7-18)22(26)27/h2-9,15H,10-14H2,1H3. The molecule has 188 valence electrons. The van der Waals surface area contributed by atoms with Crippen LogP contribution < -0.4 is 9.47 Å². The molecule has 1 unspecified atom stereocenters. The summed E-state index contributed by atoms with van der Waals surface area (Å²) in [5.41, 5.74) is -0.270. The quantitative estimate of drug-likeness (QED) is 0.130. The highest BCUT2D eigenvalue weighted by molar-refractivity contribution is 5.64. The van der Waals surface area contributed by atoms with E-state index >= 15 is 0 Å². The van der Waals surface area contributed by atoms with E-state index in [1.807, 2.05) is 0 Å². The smallest absolute Gasteiger partial charge is 0.432 e. The van der Waals surface area contributed by atoms with Crippen LogP contribution >= 0.6 is 0 Å². The van der Waals surface area contributed by atoms with Gasteiger partial charge in [0.05, 0.1) is 35.8 Å². The summed E-state index contributed by atoms with van der Waals surface area (Å²) in [6.07, 6.45) is -2.31. The van der Waals surface area contributed by atoms with Crippen LogP contribution in [0, 0.1) is 20.2 Å². The van der Waals surface area contributed by atoms with Gasteiger partial charge in [0, 0.05) is 24.3 Å². The molecule has 0 aliphatic carbocycles. The van der Waals surface area contributed by atoms with Crippen LogP contribution in [0.4, 0.5) is 21.0 Å². The van der Waals surface area contributed by atoms with Crippen molar-refractivity contribution in [3.63, 3.8) is 0 Å². The highest BCUT2D eigenvalue weighted by Gasteiger charge is 2.11. The molecule has 0 saturated heterocycles. The predicted molar refractivity (Wildman–Crippen MR) is 116 cm³/mol. The van der Waals surface area contributed by atoms with Crippen LogP contribution in [0.25, 0.3) is 0 Å².